The van der Waals surface area contributed by atoms with Crippen molar-refractivity contribution in [3.05, 3.63) is 59.7 Å². The van der Waals surface area contributed by atoms with Crippen LogP contribution in [0.3, 0.4) is 0 Å². The van der Waals surface area contributed by atoms with Crippen molar-refractivity contribution in [3.8, 4) is 5.75 Å². The number of ether oxygens (including phenoxy) is 2. The second kappa shape index (κ2) is 5.88. The zero-order valence-corrected chi connectivity index (χ0v) is 12.9. The molecule has 6 nitrogen and oxygen atoms in total. The lowest BCUT2D eigenvalue weighted by molar-refractivity contribution is 0.0930. The van der Waals surface area contributed by atoms with E-state index in [-0.39, 0.29) is 18.0 Å². The van der Waals surface area contributed by atoms with E-state index in [1.54, 1.807) is 24.3 Å². The molecule has 1 fully saturated rings. The lowest BCUT2D eigenvalue weighted by atomic mass is 10.1. The minimum absolute atomic E-state index is 0.172. The molecule has 2 aliphatic heterocycles. The van der Waals surface area contributed by atoms with E-state index in [0.29, 0.717) is 31.0 Å². The number of hydrogen-bond donors (Lipinski definition) is 1. The SMILES string of the molecule is O=C(N[C@H]1COc2ccccc21)c1cccc(N2CCOC2=O)c1. The summed E-state index contributed by atoms with van der Waals surface area (Å²) in [5, 5.41) is 2.98. The molecule has 0 aliphatic carbocycles. The molecule has 0 unspecified atom stereocenters. The van der Waals surface area contributed by atoms with Crippen molar-refractivity contribution in [2.45, 2.75) is 6.04 Å². The number of amides is 2. The first-order valence-electron chi connectivity index (χ1n) is 7.79. The summed E-state index contributed by atoms with van der Waals surface area (Å²) in [6.45, 7) is 1.28. The van der Waals surface area contributed by atoms with E-state index in [4.69, 9.17) is 9.47 Å². The highest BCUT2D eigenvalue weighted by Gasteiger charge is 2.27. The van der Waals surface area contributed by atoms with Gasteiger partial charge in [-0.05, 0) is 24.3 Å². The molecule has 2 heterocycles. The second-order valence-electron chi connectivity index (χ2n) is 5.69. The number of para-hydroxylation sites is 1. The first-order chi connectivity index (χ1) is 11.7. The number of nitrogens with zero attached hydrogens (tertiary/aromatic N) is 1. The van der Waals surface area contributed by atoms with E-state index in [1.807, 2.05) is 24.3 Å². The summed E-state index contributed by atoms with van der Waals surface area (Å²) in [5.74, 6) is 0.603. The Kier molecular flexibility index (Phi) is 3.57. The summed E-state index contributed by atoms with van der Waals surface area (Å²) in [7, 11) is 0. The van der Waals surface area contributed by atoms with Crippen LogP contribution in [0.5, 0.6) is 5.75 Å². The molecular weight excluding hydrogens is 308 g/mol. The third-order valence-electron chi connectivity index (χ3n) is 4.19. The Balaban J connectivity index is 1.52. The van der Waals surface area contributed by atoms with Crippen LogP contribution in [0.25, 0.3) is 0 Å². The molecule has 1 saturated heterocycles. The van der Waals surface area contributed by atoms with Crippen LogP contribution in [-0.2, 0) is 4.74 Å². The number of carbonyl (C=O) groups excluding carboxylic acids is 2. The van der Waals surface area contributed by atoms with Gasteiger partial charge in [0.2, 0.25) is 0 Å². The van der Waals surface area contributed by atoms with Gasteiger partial charge in [-0.15, -0.1) is 0 Å². The first-order valence-corrected chi connectivity index (χ1v) is 7.79. The fraction of sp³-hybridized carbons (Fsp3) is 0.222. The van der Waals surface area contributed by atoms with Crippen LogP contribution in [0.4, 0.5) is 10.5 Å². The first kappa shape index (κ1) is 14.6. The number of anilines is 1. The molecule has 0 saturated carbocycles. The number of carbonyl (C=O) groups is 2. The van der Waals surface area contributed by atoms with Crippen LogP contribution >= 0.6 is 0 Å². The van der Waals surface area contributed by atoms with Crippen molar-refractivity contribution in [1.29, 1.82) is 0 Å². The molecule has 1 atom stereocenters. The molecule has 0 spiro atoms. The largest absolute Gasteiger partial charge is 0.491 e. The molecule has 24 heavy (non-hydrogen) atoms. The molecule has 6 heteroatoms. The highest BCUT2D eigenvalue weighted by atomic mass is 16.6. The van der Waals surface area contributed by atoms with Gasteiger partial charge in [-0.1, -0.05) is 24.3 Å². The summed E-state index contributed by atoms with van der Waals surface area (Å²) in [6, 6.07) is 14.5. The van der Waals surface area contributed by atoms with Crippen LogP contribution in [0.2, 0.25) is 0 Å². The summed E-state index contributed by atoms with van der Waals surface area (Å²) in [6.07, 6.45) is -0.384. The Morgan fingerprint density at radius 2 is 2.00 bits per heavy atom. The zero-order chi connectivity index (χ0) is 16.5. The van der Waals surface area contributed by atoms with Gasteiger partial charge >= 0.3 is 6.09 Å². The molecule has 0 bridgehead atoms. The number of benzene rings is 2. The van der Waals surface area contributed by atoms with E-state index in [0.717, 1.165) is 11.3 Å². The summed E-state index contributed by atoms with van der Waals surface area (Å²) < 4.78 is 10.5. The van der Waals surface area contributed by atoms with Crippen molar-refractivity contribution in [3.63, 3.8) is 0 Å². The maximum Gasteiger partial charge on any atom is 0.414 e. The van der Waals surface area contributed by atoms with E-state index >= 15 is 0 Å². The smallest absolute Gasteiger partial charge is 0.414 e. The van der Waals surface area contributed by atoms with Gasteiger partial charge in [-0.3, -0.25) is 9.69 Å². The molecule has 122 valence electrons. The average Bonchev–Trinajstić information content (AvgIpc) is 3.22. The normalized spacial score (nSPS) is 18.8. The predicted octanol–water partition coefficient (Wildman–Crippen LogP) is 2.51. The quantitative estimate of drug-likeness (QED) is 0.942. The van der Waals surface area contributed by atoms with E-state index in [1.165, 1.54) is 4.90 Å². The maximum atomic E-state index is 12.6. The van der Waals surface area contributed by atoms with Gasteiger partial charge in [0.05, 0.1) is 12.6 Å². The molecule has 4 rings (SSSR count). The molecule has 0 aromatic heterocycles. The second-order valence-corrected chi connectivity index (χ2v) is 5.69. The molecule has 2 aliphatic rings. The van der Waals surface area contributed by atoms with Gasteiger partial charge in [0.1, 0.15) is 19.0 Å². The third kappa shape index (κ3) is 2.56. The summed E-state index contributed by atoms with van der Waals surface area (Å²) in [4.78, 5) is 25.7. The minimum atomic E-state index is -0.384. The van der Waals surface area contributed by atoms with Crippen molar-refractivity contribution in [2.24, 2.45) is 0 Å². The van der Waals surface area contributed by atoms with E-state index in [2.05, 4.69) is 5.32 Å². The van der Waals surface area contributed by atoms with Gasteiger partial charge in [-0.2, -0.15) is 0 Å². The minimum Gasteiger partial charge on any atom is -0.491 e. The van der Waals surface area contributed by atoms with Gasteiger partial charge in [0.25, 0.3) is 5.91 Å². The van der Waals surface area contributed by atoms with Crippen molar-refractivity contribution in [1.82, 2.24) is 5.32 Å². The third-order valence-corrected chi connectivity index (χ3v) is 4.19. The van der Waals surface area contributed by atoms with Crippen LogP contribution in [0.1, 0.15) is 22.0 Å². The molecule has 2 aromatic carbocycles. The molecule has 1 N–H and O–H groups in total. The molecule has 2 aromatic rings. The Morgan fingerprint density at radius 1 is 1.12 bits per heavy atom. The van der Waals surface area contributed by atoms with Crippen molar-refractivity contribution < 1.29 is 19.1 Å². The lowest BCUT2D eigenvalue weighted by Crippen LogP contribution is -2.30. The average molecular weight is 324 g/mol. The van der Waals surface area contributed by atoms with Gasteiger partial charge < -0.3 is 14.8 Å². The molecule has 0 radical (unpaired) electrons. The van der Waals surface area contributed by atoms with Gasteiger partial charge in [0, 0.05) is 16.8 Å². The molecule has 2 amide bonds. The Morgan fingerprint density at radius 3 is 2.83 bits per heavy atom. The van der Waals surface area contributed by atoms with Crippen molar-refractivity contribution in [2.75, 3.05) is 24.7 Å². The maximum absolute atomic E-state index is 12.6. The number of cyclic esters (lactones) is 1. The molecular formula is C18H16N2O4. The zero-order valence-electron chi connectivity index (χ0n) is 12.9. The number of nitrogens with one attached hydrogen (secondary N) is 1. The van der Waals surface area contributed by atoms with Crippen molar-refractivity contribution >= 4 is 17.7 Å². The van der Waals surface area contributed by atoms with Crippen LogP contribution in [-0.4, -0.2) is 31.8 Å². The van der Waals surface area contributed by atoms with E-state index in [9.17, 15) is 9.59 Å². The summed E-state index contributed by atoms with van der Waals surface area (Å²) in [5.41, 5.74) is 2.13. The van der Waals surface area contributed by atoms with Gasteiger partial charge in [0.15, 0.2) is 0 Å². The monoisotopic (exact) mass is 324 g/mol. The number of fused-ring (bicyclic) bond motifs is 1. The lowest BCUT2D eigenvalue weighted by Gasteiger charge is -2.15. The number of hydrogen-bond acceptors (Lipinski definition) is 4. The Bertz CT molecular complexity index is 805. The summed E-state index contributed by atoms with van der Waals surface area (Å²) >= 11 is 0. The van der Waals surface area contributed by atoms with Gasteiger partial charge in [-0.25, -0.2) is 4.79 Å². The fourth-order valence-corrected chi connectivity index (χ4v) is 2.97. The van der Waals surface area contributed by atoms with Crippen LogP contribution in [0.15, 0.2) is 48.5 Å². The Labute approximate surface area is 139 Å². The van der Waals surface area contributed by atoms with Crippen LogP contribution in [0, 0.1) is 0 Å². The highest BCUT2D eigenvalue weighted by Crippen LogP contribution is 2.32. The topological polar surface area (TPSA) is 67.9 Å². The Hall–Kier alpha value is -3.02. The highest BCUT2D eigenvalue weighted by molar-refractivity contribution is 5.97. The van der Waals surface area contributed by atoms with Crippen LogP contribution < -0.4 is 15.0 Å². The van der Waals surface area contributed by atoms with E-state index < -0.39 is 0 Å². The predicted molar refractivity (Wildman–Crippen MR) is 87.3 cm³/mol. The fourth-order valence-electron chi connectivity index (χ4n) is 2.97. The standard InChI is InChI=1S/C18H16N2O4/c21-17(19-15-11-24-16-7-2-1-6-14(15)16)12-4-3-5-13(10-12)20-8-9-23-18(20)22/h1-7,10,15H,8-9,11H2,(H,19,21)/t15-/m0/s1. The number of rotatable bonds is 3.